The van der Waals surface area contributed by atoms with E-state index < -0.39 is 13.9 Å². The molecule has 2 heterocycles. The van der Waals surface area contributed by atoms with Crippen LogP contribution in [0.3, 0.4) is 0 Å². The lowest BCUT2D eigenvalue weighted by atomic mass is 9.82. The number of anilines is 1. The number of amides is 1. The summed E-state index contributed by atoms with van der Waals surface area (Å²) < 4.78 is 6.41. The van der Waals surface area contributed by atoms with Gasteiger partial charge in [-0.25, -0.2) is 0 Å². The van der Waals surface area contributed by atoms with E-state index in [1.165, 1.54) is 0 Å². The smallest absolute Gasteiger partial charge is 0.264 e. The average molecular weight is 362 g/mol. The first-order valence-electron chi connectivity index (χ1n) is 8.82. The van der Waals surface area contributed by atoms with Crippen LogP contribution in [0.15, 0.2) is 36.9 Å². The lowest BCUT2D eigenvalue weighted by Crippen LogP contribution is -2.46. The van der Waals surface area contributed by atoms with E-state index in [4.69, 9.17) is 4.74 Å². The van der Waals surface area contributed by atoms with Gasteiger partial charge in [0, 0.05) is 30.2 Å². The molecular weight excluding hydrogens is 334 g/mol. The fourth-order valence-corrected chi connectivity index (χ4v) is 7.34. The largest absolute Gasteiger partial charge is 0.432 e. The first-order chi connectivity index (χ1) is 11.8. The molecule has 4 atom stereocenters. The minimum atomic E-state index is -2.60. The second-order valence-electron chi connectivity index (χ2n) is 7.59. The molecule has 1 spiro atoms. The van der Waals surface area contributed by atoms with Crippen molar-refractivity contribution in [3.8, 4) is 0 Å². The Kier molecular flexibility index (Phi) is 4.66. The van der Waals surface area contributed by atoms with Crippen LogP contribution < -0.4 is 4.90 Å². The molecule has 0 saturated carbocycles. The summed E-state index contributed by atoms with van der Waals surface area (Å²) in [6.07, 6.45) is 1.80. The van der Waals surface area contributed by atoms with Gasteiger partial charge >= 0.3 is 0 Å². The van der Waals surface area contributed by atoms with Gasteiger partial charge in [0.05, 0.1) is 11.8 Å². The number of carbonyl (C=O) groups excluding carboxylic acids is 1. The Morgan fingerprint density at radius 1 is 1.40 bits per heavy atom. The van der Waals surface area contributed by atoms with E-state index in [0.29, 0.717) is 13.0 Å². The molecule has 1 amide bonds. The first kappa shape index (κ1) is 18.3. The number of para-hydroxylation sites is 1. The molecule has 0 radical (unpaired) electrons. The number of hydrogen-bond acceptors (Lipinski definition) is 4. The Balaban J connectivity index is 2.15. The maximum atomic E-state index is 13.4. The van der Waals surface area contributed by atoms with Crippen LogP contribution in [0.4, 0.5) is 5.69 Å². The minimum absolute atomic E-state index is 0.0271. The van der Waals surface area contributed by atoms with Crippen molar-refractivity contribution < 1.29 is 19.4 Å². The Hall–Kier alpha value is -1.47. The van der Waals surface area contributed by atoms with Crippen molar-refractivity contribution in [2.75, 3.05) is 18.1 Å². The van der Waals surface area contributed by atoms with E-state index in [2.05, 4.69) is 6.58 Å². The summed E-state index contributed by atoms with van der Waals surface area (Å²) >= 11 is 0. The molecular formula is C19H27NO4Si. The summed E-state index contributed by atoms with van der Waals surface area (Å²) in [6, 6.07) is 7.69. The van der Waals surface area contributed by atoms with Crippen molar-refractivity contribution in [1.82, 2.24) is 0 Å². The Morgan fingerprint density at radius 2 is 2.08 bits per heavy atom. The molecule has 0 bridgehead atoms. The highest BCUT2D eigenvalue weighted by Crippen LogP contribution is 2.59. The molecule has 3 rings (SSSR count). The van der Waals surface area contributed by atoms with Crippen LogP contribution in [0.25, 0.3) is 0 Å². The number of hydrogen-bond donors (Lipinski definition) is 2. The molecule has 1 aromatic rings. The molecule has 0 unspecified atom stereocenters. The fraction of sp³-hybridized carbons (Fsp3) is 0.526. The molecule has 2 aliphatic rings. The number of fused-ring (bicyclic) bond motifs is 2. The fourth-order valence-electron chi connectivity index (χ4n) is 4.74. The highest BCUT2D eigenvalue weighted by molar-refractivity contribution is 6.71. The van der Waals surface area contributed by atoms with Crippen molar-refractivity contribution >= 4 is 19.9 Å². The number of aliphatic hydroxyl groups is 1. The molecule has 25 heavy (non-hydrogen) atoms. The second-order valence-corrected chi connectivity index (χ2v) is 11.6. The number of aliphatic hydroxyl groups excluding tert-OH is 1. The highest BCUT2D eigenvalue weighted by atomic mass is 28.4. The normalized spacial score (nSPS) is 31.6. The van der Waals surface area contributed by atoms with Crippen LogP contribution in [0.5, 0.6) is 0 Å². The third-order valence-corrected chi connectivity index (χ3v) is 8.12. The Bertz CT molecular complexity index is 686. The summed E-state index contributed by atoms with van der Waals surface area (Å²) in [7, 11) is -2.60. The van der Waals surface area contributed by atoms with Crippen LogP contribution in [0, 0.1) is 5.92 Å². The van der Waals surface area contributed by atoms with Crippen LogP contribution in [0.2, 0.25) is 18.6 Å². The van der Waals surface area contributed by atoms with Crippen molar-refractivity contribution in [3.05, 3.63) is 42.5 Å². The number of rotatable bonds is 5. The van der Waals surface area contributed by atoms with Gasteiger partial charge in [-0.1, -0.05) is 31.2 Å². The predicted octanol–water partition coefficient (Wildman–Crippen LogP) is 2.40. The standard InChI is InChI=1S/C19H27NO4Si/c1-5-11-20-15-9-7-6-8-14(15)19(18(20)22)13(2)17(25(3,4)23)16(24-19)10-12-21/h5-9,13,16-17,21,23H,1,10-12H2,2-4H3/t13-,16+,17-,19+/m1/s1. The molecule has 6 heteroatoms. The number of nitrogens with zero attached hydrogens (tertiary/aromatic N) is 1. The van der Waals surface area contributed by atoms with Gasteiger partial charge in [0.25, 0.3) is 5.91 Å². The van der Waals surface area contributed by atoms with Crippen LogP contribution >= 0.6 is 0 Å². The summed E-state index contributed by atoms with van der Waals surface area (Å²) in [5.41, 5.74) is 0.496. The van der Waals surface area contributed by atoms with Gasteiger partial charge in [-0.3, -0.25) is 4.79 Å². The van der Waals surface area contributed by atoms with Gasteiger partial charge < -0.3 is 19.5 Å². The van der Waals surface area contributed by atoms with Gasteiger partial charge in [0.2, 0.25) is 0 Å². The second kappa shape index (κ2) is 6.36. The maximum absolute atomic E-state index is 13.4. The molecule has 0 aromatic heterocycles. The van der Waals surface area contributed by atoms with E-state index in [1.54, 1.807) is 11.0 Å². The summed E-state index contributed by atoms with van der Waals surface area (Å²) in [5, 5.41) is 9.47. The Labute approximate surface area is 150 Å². The zero-order chi connectivity index (χ0) is 18.4. The molecule has 136 valence electrons. The summed E-state index contributed by atoms with van der Waals surface area (Å²) in [4.78, 5) is 26.0. The third kappa shape index (κ3) is 2.59. The van der Waals surface area contributed by atoms with E-state index >= 15 is 0 Å². The molecule has 0 aliphatic carbocycles. The summed E-state index contributed by atoms with van der Waals surface area (Å²) in [5.74, 6) is -0.260. The molecule has 1 aromatic carbocycles. The molecule has 2 N–H and O–H groups in total. The zero-order valence-electron chi connectivity index (χ0n) is 15.1. The minimum Gasteiger partial charge on any atom is -0.432 e. The molecule has 1 fully saturated rings. The van der Waals surface area contributed by atoms with Gasteiger partial charge in [-0.05, 0) is 25.6 Å². The number of benzene rings is 1. The van der Waals surface area contributed by atoms with Crippen molar-refractivity contribution in [1.29, 1.82) is 0 Å². The monoisotopic (exact) mass is 361 g/mol. The third-order valence-electron chi connectivity index (χ3n) is 5.62. The topological polar surface area (TPSA) is 70.0 Å². The first-order valence-corrected chi connectivity index (χ1v) is 11.8. The van der Waals surface area contributed by atoms with E-state index in [9.17, 15) is 14.7 Å². The quantitative estimate of drug-likeness (QED) is 0.624. The molecule has 5 nitrogen and oxygen atoms in total. The van der Waals surface area contributed by atoms with Crippen molar-refractivity contribution in [3.63, 3.8) is 0 Å². The van der Waals surface area contributed by atoms with Crippen LogP contribution in [0.1, 0.15) is 18.9 Å². The number of ether oxygens (including phenoxy) is 1. The van der Waals surface area contributed by atoms with Crippen molar-refractivity contribution in [2.45, 2.75) is 43.7 Å². The van der Waals surface area contributed by atoms with Gasteiger partial charge in [-0.2, -0.15) is 0 Å². The summed E-state index contributed by atoms with van der Waals surface area (Å²) in [6.45, 7) is 9.92. The highest BCUT2D eigenvalue weighted by Gasteiger charge is 2.65. The Morgan fingerprint density at radius 3 is 2.68 bits per heavy atom. The number of carbonyl (C=O) groups is 1. The zero-order valence-corrected chi connectivity index (χ0v) is 16.1. The molecule has 2 aliphatic heterocycles. The van der Waals surface area contributed by atoms with E-state index in [1.807, 2.05) is 44.3 Å². The van der Waals surface area contributed by atoms with E-state index in [-0.39, 0.29) is 30.1 Å². The van der Waals surface area contributed by atoms with Crippen LogP contribution in [-0.2, 0) is 15.1 Å². The maximum Gasteiger partial charge on any atom is 0.264 e. The SMILES string of the molecule is C=CCN1C(=O)[C@@]2(O[C@@H](CCO)[C@H]([Si](C)(C)O)[C@H]2C)c2ccccc21. The van der Waals surface area contributed by atoms with Gasteiger partial charge in [-0.15, -0.1) is 6.58 Å². The van der Waals surface area contributed by atoms with Crippen LogP contribution in [-0.4, -0.2) is 43.4 Å². The lowest BCUT2D eigenvalue weighted by Gasteiger charge is -2.32. The van der Waals surface area contributed by atoms with Gasteiger partial charge in [0.15, 0.2) is 13.9 Å². The van der Waals surface area contributed by atoms with Crippen molar-refractivity contribution in [2.24, 2.45) is 5.92 Å². The average Bonchev–Trinajstić information content (AvgIpc) is 2.97. The predicted molar refractivity (Wildman–Crippen MR) is 99.9 cm³/mol. The van der Waals surface area contributed by atoms with Gasteiger partial charge in [0.1, 0.15) is 0 Å². The molecule has 1 saturated heterocycles. The van der Waals surface area contributed by atoms with E-state index in [0.717, 1.165) is 11.3 Å². The lowest BCUT2D eigenvalue weighted by molar-refractivity contribution is -0.146.